The number of carbonyl (C=O) groups excluding carboxylic acids is 2. The number of nitrogens with zero attached hydrogens (tertiary/aromatic N) is 1. The second kappa shape index (κ2) is 7.91. The standard InChI is InChI=1S/C20H23N3O3/c1-14-5-10-17(18(24)13-14)22-20(26)19(25)21-15-6-8-16(9-7-15)23-11-3-2-4-12-23/h5-10,13,24H,2-4,11-12H2,1H3,(H,21,25)(H,22,26). The minimum atomic E-state index is -0.829. The summed E-state index contributed by atoms with van der Waals surface area (Å²) in [7, 11) is 0. The van der Waals surface area contributed by atoms with Crippen molar-refractivity contribution in [2.45, 2.75) is 26.2 Å². The molecule has 6 heteroatoms. The molecule has 0 radical (unpaired) electrons. The minimum Gasteiger partial charge on any atom is -0.506 e. The third-order valence-corrected chi connectivity index (χ3v) is 4.45. The number of phenolic OH excluding ortho intramolecular Hbond substituents is 1. The summed E-state index contributed by atoms with van der Waals surface area (Å²) in [5.74, 6) is -1.68. The molecule has 0 atom stereocenters. The molecule has 0 spiro atoms. The van der Waals surface area contributed by atoms with Crippen LogP contribution in [0.15, 0.2) is 42.5 Å². The topological polar surface area (TPSA) is 81.7 Å². The van der Waals surface area contributed by atoms with Crippen LogP contribution in [0.4, 0.5) is 17.1 Å². The quantitative estimate of drug-likeness (QED) is 0.584. The average Bonchev–Trinajstić information content (AvgIpc) is 2.65. The van der Waals surface area contributed by atoms with Gasteiger partial charge in [-0.1, -0.05) is 6.07 Å². The summed E-state index contributed by atoms with van der Waals surface area (Å²) in [5, 5.41) is 14.8. The Morgan fingerprint density at radius 2 is 1.58 bits per heavy atom. The van der Waals surface area contributed by atoms with E-state index in [0.717, 1.165) is 24.3 Å². The van der Waals surface area contributed by atoms with Gasteiger partial charge < -0.3 is 20.6 Å². The van der Waals surface area contributed by atoms with Gasteiger partial charge in [0.2, 0.25) is 0 Å². The van der Waals surface area contributed by atoms with Gasteiger partial charge in [0.15, 0.2) is 0 Å². The van der Waals surface area contributed by atoms with Crippen LogP contribution in [0.5, 0.6) is 5.75 Å². The molecule has 1 heterocycles. The van der Waals surface area contributed by atoms with Gasteiger partial charge in [0, 0.05) is 24.5 Å². The first-order chi connectivity index (χ1) is 12.5. The predicted octanol–water partition coefficient (Wildman–Crippen LogP) is 3.27. The first-order valence-corrected chi connectivity index (χ1v) is 8.80. The lowest BCUT2D eigenvalue weighted by atomic mass is 10.1. The van der Waals surface area contributed by atoms with E-state index >= 15 is 0 Å². The Morgan fingerprint density at radius 3 is 2.23 bits per heavy atom. The number of amides is 2. The SMILES string of the molecule is Cc1ccc(NC(=O)C(=O)Nc2ccc(N3CCCCC3)cc2)c(O)c1. The molecule has 2 aromatic rings. The number of aryl methyl sites for hydroxylation is 1. The van der Waals surface area contributed by atoms with Crippen molar-refractivity contribution in [1.29, 1.82) is 0 Å². The molecule has 1 saturated heterocycles. The summed E-state index contributed by atoms with van der Waals surface area (Å²) in [4.78, 5) is 26.4. The fourth-order valence-electron chi connectivity index (χ4n) is 3.02. The number of anilines is 3. The number of rotatable bonds is 3. The Hall–Kier alpha value is -3.02. The van der Waals surface area contributed by atoms with Crippen LogP contribution in [0.25, 0.3) is 0 Å². The lowest BCUT2D eigenvalue weighted by molar-refractivity contribution is -0.133. The summed E-state index contributed by atoms with van der Waals surface area (Å²) in [6.45, 7) is 3.92. The highest BCUT2D eigenvalue weighted by molar-refractivity contribution is 6.43. The van der Waals surface area contributed by atoms with E-state index < -0.39 is 11.8 Å². The van der Waals surface area contributed by atoms with E-state index in [1.54, 1.807) is 24.3 Å². The van der Waals surface area contributed by atoms with Crippen molar-refractivity contribution in [3.8, 4) is 5.75 Å². The first-order valence-electron chi connectivity index (χ1n) is 8.80. The first kappa shape index (κ1) is 17.8. The number of benzene rings is 2. The van der Waals surface area contributed by atoms with Crippen LogP contribution in [0.2, 0.25) is 0 Å². The van der Waals surface area contributed by atoms with Gasteiger partial charge in [-0.25, -0.2) is 0 Å². The van der Waals surface area contributed by atoms with Gasteiger partial charge in [-0.3, -0.25) is 9.59 Å². The highest BCUT2D eigenvalue weighted by atomic mass is 16.3. The second-order valence-electron chi connectivity index (χ2n) is 6.52. The van der Waals surface area contributed by atoms with Gasteiger partial charge in [-0.2, -0.15) is 0 Å². The van der Waals surface area contributed by atoms with Crippen molar-refractivity contribution < 1.29 is 14.7 Å². The van der Waals surface area contributed by atoms with E-state index in [9.17, 15) is 14.7 Å². The summed E-state index contributed by atoms with van der Waals surface area (Å²) >= 11 is 0. The maximum Gasteiger partial charge on any atom is 0.314 e. The van der Waals surface area contributed by atoms with Crippen LogP contribution in [-0.4, -0.2) is 30.0 Å². The molecule has 0 unspecified atom stereocenters. The van der Waals surface area contributed by atoms with Gasteiger partial charge in [-0.15, -0.1) is 0 Å². The maximum absolute atomic E-state index is 12.1. The Morgan fingerprint density at radius 1 is 0.923 bits per heavy atom. The van der Waals surface area contributed by atoms with Crippen molar-refractivity contribution in [2.24, 2.45) is 0 Å². The van der Waals surface area contributed by atoms with Crippen LogP contribution >= 0.6 is 0 Å². The molecular formula is C20H23N3O3. The maximum atomic E-state index is 12.1. The molecule has 1 fully saturated rings. The van der Waals surface area contributed by atoms with Gasteiger partial charge in [0.05, 0.1) is 5.69 Å². The molecule has 0 aromatic heterocycles. The van der Waals surface area contributed by atoms with Gasteiger partial charge in [0.1, 0.15) is 5.75 Å². The number of hydrogen-bond donors (Lipinski definition) is 3. The van der Waals surface area contributed by atoms with Gasteiger partial charge in [-0.05, 0) is 68.1 Å². The average molecular weight is 353 g/mol. The van der Waals surface area contributed by atoms with Crippen molar-refractivity contribution in [2.75, 3.05) is 28.6 Å². The van der Waals surface area contributed by atoms with Crippen molar-refractivity contribution in [3.63, 3.8) is 0 Å². The van der Waals surface area contributed by atoms with Crippen molar-refractivity contribution >= 4 is 28.9 Å². The lowest BCUT2D eigenvalue weighted by Gasteiger charge is -2.28. The second-order valence-corrected chi connectivity index (χ2v) is 6.52. The number of carbonyl (C=O) groups is 2. The summed E-state index contributed by atoms with van der Waals surface area (Å²) < 4.78 is 0. The largest absolute Gasteiger partial charge is 0.506 e. The molecule has 3 N–H and O–H groups in total. The molecule has 1 aliphatic rings. The Balaban J connectivity index is 1.59. The molecule has 0 aliphatic carbocycles. The smallest absolute Gasteiger partial charge is 0.314 e. The third kappa shape index (κ3) is 4.33. The fourth-order valence-corrected chi connectivity index (χ4v) is 3.02. The van der Waals surface area contributed by atoms with E-state index in [-0.39, 0.29) is 11.4 Å². The number of nitrogens with one attached hydrogen (secondary N) is 2. The van der Waals surface area contributed by atoms with E-state index in [4.69, 9.17) is 0 Å². The zero-order valence-corrected chi connectivity index (χ0v) is 14.8. The molecular weight excluding hydrogens is 330 g/mol. The highest BCUT2D eigenvalue weighted by Crippen LogP contribution is 2.24. The molecule has 2 aromatic carbocycles. The number of phenols is 1. The number of hydrogen-bond acceptors (Lipinski definition) is 4. The van der Waals surface area contributed by atoms with Crippen LogP contribution < -0.4 is 15.5 Å². The zero-order valence-electron chi connectivity index (χ0n) is 14.8. The van der Waals surface area contributed by atoms with E-state index in [0.29, 0.717) is 5.69 Å². The van der Waals surface area contributed by atoms with Gasteiger partial charge >= 0.3 is 11.8 Å². The molecule has 0 bridgehead atoms. The molecule has 3 rings (SSSR count). The Kier molecular flexibility index (Phi) is 5.41. The number of piperidine rings is 1. The highest BCUT2D eigenvalue weighted by Gasteiger charge is 2.16. The van der Waals surface area contributed by atoms with Crippen molar-refractivity contribution in [1.82, 2.24) is 0 Å². The van der Waals surface area contributed by atoms with E-state index in [1.165, 1.54) is 25.3 Å². The molecule has 0 saturated carbocycles. The van der Waals surface area contributed by atoms with Gasteiger partial charge in [0.25, 0.3) is 0 Å². The van der Waals surface area contributed by atoms with Crippen LogP contribution in [0, 0.1) is 6.92 Å². The normalized spacial score (nSPS) is 14.0. The molecule has 136 valence electrons. The molecule has 6 nitrogen and oxygen atoms in total. The predicted molar refractivity (Wildman–Crippen MR) is 103 cm³/mol. The number of aromatic hydroxyl groups is 1. The fraction of sp³-hybridized carbons (Fsp3) is 0.300. The third-order valence-electron chi connectivity index (χ3n) is 4.45. The summed E-state index contributed by atoms with van der Waals surface area (Å²) in [6, 6.07) is 12.3. The van der Waals surface area contributed by atoms with Crippen LogP contribution in [0.3, 0.4) is 0 Å². The molecule has 1 aliphatic heterocycles. The van der Waals surface area contributed by atoms with Crippen LogP contribution in [0.1, 0.15) is 24.8 Å². The van der Waals surface area contributed by atoms with Crippen molar-refractivity contribution in [3.05, 3.63) is 48.0 Å². The van der Waals surface area contributed by atoms with E-state index in [2.05, 4.69) is 15.5 Å². The molecule has 2 amide bonds. The summed E-state index contributed by atoms with van der Waals surface area (Å²) in [5.41, 5.74) is 2.74. The lowest BCUT2D eigenvalue weighted by Crippen LogP contribution is -2.30. The minimum absolute atomic E-state index is 0.0722. The summed E-state index contributed by atoms with van der Waals surface area (Å²) in [6.07, 6.45) is 3.67. The zero-order chi connectivity index (χ0) is 18.5. The Labute approximate surface area is 152 Å². The van der Waals surface area contributed by atoms with E-state index in [1.807, 2.05) is 19.1 Å². The molecule has 26 heavy (non-hydrogen) atoms. The van der Waals surface area contributed by atoms with Crippen LogP contribution in [-0.2, 0) is 9.59 Å². The Bertz CT molecular complexity index is 796. The monoisotopic (exact) mass is 353 g/mol.